The zero-order valence-electron chi connectivity index (χ0n) is 15.3. The lowest BCUT2D eigenvalue weighted by molar-refractivity contribution is -0.122. The van der Waals surface area contributed by atoms with E-state index in [-0.39, 0.29) is 17.9 Å². The Hall–Kier alpha value is -2.00. The van der Waals surface area contributed by atoms with E-state index in [9.17, 15) is 9.59 Å². The van der Waals surface area contributed by atoms with Crippen LogP contribution >= 0.6 is 22.7 Å². The molecule has 1 atom stereocenters. The first-order valence-corrected chi connectivity index (χ1v) is 11.0. The predicted octanol–water partition coefficient (Wildman–Crippen LogP) is 2.36. The lowest BCUT2D eigenvalue weighted by Crippen LogP contribution is -2.44. The van der Waals surface area contributed by atoms with Crippen LogP contribution < -0.4 is 15.1 Å². The third-order valence-electron chi connectivity index (χ3n) is 5.13. The highest BCUT2D eigenvalue weighted by Crippen LogP contribution is 2.33. The summed E-state index contributed by atoms with van der Waals surface area (Å²) in [4.78, 5) is 29.7. The van der Waals surface area contributed by atoms with E-state index in [0.29, 0.717) is 24.6 Å². The molecule has 2 amide bonds. The van der Waals surface area contributed by atoms with Crippen molar-refractivity contribution in [3.8, 4) is 0 Å². The molecule has 1 N–H and O–H groups in total. The van der Waals surface area contributed by atoms with E-state index in [1.165, 1.54) is 21.8 Å². The molecule has 9 heteroatoms. The first-order valence-electron chi connectivity index (χ1n) is 9.34. The van der Waals surface area contributed by atoms with Crippen molar-refractivity contribution in [3.63, 3.8) is 0 Å². The van der Waals surface area contributed by atoms with Crippen LogP contribution in [0.1, 0.15) is 36.1 Å². The van der Waals surface area contributed by atoms with Gasteiger partial charge in [-0.15, -0.1) is 21.5 Å². The minimum atomic E-state index is -0.204. The maximum Gasteiger partial charge on any atom is 0.242 e. The van der Waals surface area contributed by atoms with Crippen molar-refractivity contribution in [2.24, 2.45) is 0 Å². The second kappa shape index (κ2) is 7.93. The summed E-state index contributed by atoms with van der Waals surface area (Å²) >= 11 is 3.14. The number of hydrogen-bond acceptors (Lipinski definition) is 7. The monoisotopic (exact) mass is 405 g/mol. The quantitative estimate of drug-likeness (QED) is 0.798. The normalized spacial score (nSPS) is 19.9. The van der Waals surface area contributed by atoms with Gasteiger partial charge in [0.05, 0.1) is 0 Å². The highest BCUT2D eigenvalue weighted by Gasteiger charge is 2.34. The summed E-state index contributed by atoms with van der Waals surface area (Å²) in [6, 6.07) is 1.91. The van der Waals surface area contributed by atoms with Crippen LogP contribution in [0.5, 0.6) is 0 Å². The summed E-state index contributed by atoms with van der Waals surface area (Å²) in [6.45, 7) is 4.25. The fourth-order valence-electron chi connectivity index (χ4n) is 3.63. The Morgan fingerprint density at radius 2 is 2.15 bits per heavy atom. The van der Waals surface area contributed by atoms with Crippen LogP contribution in [0, 0.1) is 6.92 Å². The molecule has 4 heterocycles. The summed E-state index contributed by atoms with van der Waals surface area (Å²) < 4.78 is 0. The minimum Gasteiger partial charge on any atom is -0.354 e. The third kappa shape index (κ3) is 3.84. The number of aromatic nitrogens is 2. The van der Waals surface area contributed by atoms with Gasteiger partial charge in [0, 0.05) is 30.9 Å². The van der Waals surface area contributed by atoms with Gasteiger partial charge in [-0.05, 0) is 49.6 Å². The van der Waals surface area contributed by atoms with Crippen molar-refractivity contribution in [2.75, 3.05) is 29.4 Å². The standard InChI is InChI=1S/C18H23N5O2S2/c1-12-7-11-26-14(12)6-8-19-16(25)13-4-2-9-22(13)17-20-21-18(27-17)23-10-3-5-15(23)24/h7,11,13H,2-6,8-10H2,1H3,(H,19,25). The second-order valence-corrected chi connectivity index (χ2v) is 8.87. The molecule has 7 nitrogen and oxygen atoms in total. The van der Waals surface area contributed by atoms with E-state index in [0.717, 1.165) is 37.4 Å². The zero-order valence-corrected chi connectivity index (χ0v) is 16.9. The number of thiophene rings is 1. The molecule has 144 valence electrons. The minimum absolute atomic E-state index is 0.0516. The number of anilines is 2. The Kier molecular flexibility index (Phi) is 5.40. The van der Waals surface area contributed by atoms with Gasteiger partial charge in [0.15, 0.2) is 0 Å². The topological polar surface area (TPSA) is 78.4 Å². The molecule has 2 aromatic heterocycles. The maximum absolute atomic E-state index is 12.7. The van der Waals surface area contributed by atoms with Gasteiger partial charge in [-0.1, -0.05) is 11.3 Å². The fraction of sp³-hybridized carbons (Fsp3) is 0.556. The van der Waals surface area contributed by atoms with Gasteiger partial charge in [-0.3, -0.25) is 14.5 Å². The number of hydrogen-bond donors (Lipinski definition) is 1. The lowest BCUT2D eigenvalue weighted by atomic mass is 10.2. The van der Waals surface area contributed by atoms with Gasteiger partial charge < -0.3 is 10.2 Å². The van der Waals surface area contributed by atoms with Crippen LogP contribution in [0.25, 0.3) is 0 Å². The van der Waals surface area contributed by atoms with Crippen molar-refractivity contribution in [3.05, 3.63) is 21.9 Å². The van der Waals surface area contributed by atoms with E-state index < -0.39 is 0 Å². The summed E-state index contributed by atoms with van der Waals surface area (Å²) in [6.07, 6.45) is 4.09. The van der Waals surface area contributed by atoms with E-state index >= 15 is 0 Å². The molecular formula is C18H23N5O2S2. The van der Waals surface area contributed by atoms with Gasteiger partial charge in [-0.2, -0.15) is 0 Å². The van der Waals surface area contributed by atoms with Crippen molar-refractivity contribution < 1.29 is 9.59 Å². The predicted molar refractivity (Wildman–Crippen MR) is 108 cm³/mol. The van der Waals surface area contributed by atoms with Crippen LogP contribution in [0.15, 0.2) is 11.4 Å². The van der Waals surface area contributed by atoms with Gasteiger partial charge in [0.2, 0.25) is 22.1 Å². The van der Waals surface area contributed by atoms with E-state index in [1.54, 1.807) is 16.2 Å². The van der Waals surface area contributed by atoms with Crippen molar-refractivity contribution >= 4 is 44.8 Å². The summed E-state index contributed by atoms with van der Waals surface area (Å²) in [5, 5.41) is 15.0. The molecule has 2 aliphatic heterocycles. The van der Waals surface area contributed by atoms with Crippen LogP contribution in [-0.4, -0.2) is 47.7 Å². The molecule has 2 saturated heterocycles. The van der Waals surface area contributed by atoms with Gasteiger partial charge in [0.25, 0.3) is 0 Å². The Balaban J connectivity index is 1.37. The highest BCUT2D eigenvalue weighted by atomic mass is 32.1. The number of carbonyl (C=O) groups excluding carboxylic acids is 2. The van der Waals surface area contributed by atoms with Gasteiger partial charge in [-0.25, -0.2) is 0 Å². The first-order chi connectivity index (χ1) is 13.1. The maximum atomic E-state index is 12.7. The Morgan fingerprint density at radius 1 is 1.30 bits per heavy atom. The molecular weight excluding hydrogens is 382 g/mol. The molecule has 2 fully saturated rings. The van der Waals surface area contributed by atoms with Crippen molar-refractivity contribution in [2.45, 2.75) is 45.1 Å². The number of rotatable bonds is 6. The second-order valence-electron chi connectivity index (χ2n) is 6.94. The number of aryl methyl sites for hydroxylation is 1. The molecule has 2 aliphatic rings. The molecule has 27 heavy (non-hydrogen) atoms. The largest absolute Gasteiger partial charge is 0.354 e. The van der Waals surface area contributed by atoms with Crippen LogP contribution in [0.4, 0.5) is 10.3 Å². The molecule has 2 aromatic rings. The van der Waals surface area contributed by atoms with Crippen LogP contribution in [0.3, 0.4) is 0 Å². The van der Waals surface area contributed by atoms with Gasteiger partial charge in [0.1, 0.15) is 6.04 Å². The highest BCUT2D eigenvalue weighted by molar-refractivity contribution is 7.19. The average Bonchev–Trinajstić information content (AvgIpc) is 3.41. The lowest BCUT2D eigenvalue weighted by Gasteiger charge is -2.22. The summed E-state index contributed by atoms with van der Waals surface area (Å²) in [5.41, 5.74) is 1.29. The molecule has 0 saturated carbocycles. The molecule has 0 radical (unpaired) electrons. The number of nitrogens with zero attached hydrogens (tertiary/aromatic N) is 4. The Bertz CT molecular complexity index is 833. The number of amides is 2. The first kappa shape index (κ1) is 18.4. The van der Waals surface area contributed by atoms with E-state index in [2.05, 4.69) is 33.9 Å². The summed E-state index contributed by atoms with van der Waals surface area (Å²) in [7, 11) is 0. The average molecular weight is 406 g/mol. The third-order valence-corrected chi connectivity index (χ3v) is 7.19. The molecule has 4 rings (SSSR count). The van der Waals surface area contributed by atoms with Crippen molar-refractivity contribution in [1.82, 2.24) is 15.5 Å². The Morgan fingerprint density at radius 3 is 2.89 bits per heavy atom. The molecule has 0 aliphatic carbocycles. The van der Waals surface area contributed by atoms with Gasteiger partial charge >= 0.3 is 0 Å². The number of carbonyl (C=O) groups is 2. The molecule has 1 unspecified atom stereocenters. The molecule has 0 bridgehead atoms. The number of nitrogens with one attached hydrogen (secondary N) is 1. The Labute approximate surface area is 166 Å². The SMILES string of the molecule is Cc1ccsc1CCNC(=O)C1CCCN1c1nnc(N2CCCC2=O)s1. The zero-order chi connectivity index (χ0) is 18.8. The smallest absolute Gasteiger partial charge is 0.242 e. The van der Waals surface area contributed by atoms with Crippen LogP contribution in [0.2, 0.25) is 0 Å². The van der Waals surface area contributed by atoms with Crippen molar-refractivity contribution in [1.29, 1.82) is 0 Å². The van der Waals surface area contributed by atoms with E-state index in [1.807, 2.05) is 4.90 Å². The van der Waals surface area contributed by atoms with Crippen LogP contribution in [-0.2, 0) is 16.0 Å². The molecule has 0 aromatic carbocycles. The molecule has 0 spiro atoms. The van der Waals surface area contributed by atoms with E-state index in [4.69, 9.17) is 0 Å². The fourth-order valence-corrected chi connectivity index (χ4v) is 5.50. The summed E-state index contributed by atoms with van der Waals surface area (Å²) in [5.74, 6) is 0.160.